The Morgan fingerprint density at radius 3 is 2.81 bits per heavy atom. The highest BCUT2D eigenvalue weighted by molar-refractivity contribution is 9.10. The minimum Gasteiger partial charge on any atom is -0.460 e. The molecule has 21 heavy (non-hydrogen) atoms. The highest BCUT2D eigenvalue weighted by atomic mass is 79.9. The Bertz CT molecular complexity index is 675. The second-order valence-electron chi connectivity index (χ2n) is 3.88. The van der Waals surface area contributed by atoms with E-state index in [-0.39, 0.29) is 17.5 Å². The lowest BCUT2D eigenvalue weighted by Gasteiger charge is -2.00. The van der Waals surface area contributed by atoms with Crippen molar-refractivity contribution in [1.29, 1.82) is 0 Å². The van der Waals surface area contributed by atoms with E-state index in [1.807, 2.05) is 0 Å². The van der Waals surface area contributed by atoms with Crippen LogP contribution in [0.5, 0.6) is 0 Å². The molecule has 0 amide bonds. The van der Waals surface area contributed by atoms with E-state index in [2.05, 4.69) is 25.7 Å². The van der Waals surface area contributed by atoms with Crippen LogP contribution in [0.3, 0.4) is 0 Å². The summed E-state index contributed by atoms with van der Waals surface area (Å²) in [6.07, 6.45) is -2.96. The maximum atomic E-state index is 13.0. The zero-order valence-electron chi connectivity index (χ0n) is 10.7. The molecule has 0 aliphatic rings. The van der Waals surface area contributed by atoms with Crippen LogP contribution in [-0.2, 0) is 4.74 Å². The molecule has 1 heterocycles. The first-order chi connectivity index (χ1) is 9.93. The smallest absolute Gasteiger partial charge is 0.376 e. The van der Waals surface area contributed by atoms with Crippen LogP contribution in [0.2, 0.25) is 5.02 Å². The molecule has 0 aliphatic heterocycles. The normalized spacial score (nSPS) is 11.0. The van der Waals surface area contributed by atoms with Gasteiger partial charge in [-0.05, 0) is 25.1 Å². The molecule has 0 fully saturated rings. The number of nitrogens with zero attached hydrogens (tertiary/aromatic N) is 1. The summed E-state index contributed by atoms with van der Waals surface area (Å²) < 4.78 is 36.4. The first-order valence-corrected chi connectivity index (χ1v) is 7.02. The molecule has 0 unspecified atom stereocenters. The molecule has 0 bridgehead atoms. The largest absolute Gasteiger partial charge is 0.460 e. The second-order valence-corrected chi connectivity index (χ2v) is 5.20. The lowest BCUT2D eigenvalue weighted by Crippen LogP contribution is -2.06. The van der Waals surface area contributed by atoms with Crippen molar-refractivity contribution in [3.8, 4) is 11.5 Å². The predicted octanol–water partition coefficient (Wildman–Crippen LogP) is 4.87. The van der Waals surface area contributed by atoms with Crippen molar-refractivity contribution in [3.63, 3.8) is 0 Å². The van der Waals surface area contributed by atoms with Gasteiger partial charge >= 0.3 is 5.97 Å². The van der Waals surface area contributed by atoms with Gasteiger partial charge in [0.15, 0.2) is 5.69 Å². The van der Waals surface area contributed by atoms with E-state index in [4.69, 9.17) is 16.0 Å². The number of halogens is 4. The van der Waals surface area contributed by atoms with Crippen LogP contribution in [0, 0.1) is 0 Å². The summed E-state index contributed by atoms with van der Waals surface area (Å²) in [5.41, 5.74) is -0.459. The highest BCUT2D eigenvalue weighted by Gasteiger charge is 2.28. The molecule has 2 aromatic rings. The number of rotatable bonds is 4. The molecule has 0 N–H and O–H groups in total. The third kappa shape index (κ3) is 3.41. The van der Waals surface area contributed by atoms with Crippen LogP contribution in [0.1, 0.15) is 29.6 Å². The monoisotopic (exact) mass is 379 g/mol. The van der Waals surface area contributed by atoms with Crippen molar-refractivity contribution in [1.82, 2.24) is 4.98 Å². The van der Waals surface area contributed by atoms with Crippen molar-refractivity contribution >= 4 is 33.5 Å². The van der Waals surface area contributed by atoms with E-state index >= 15 is 0 Å². The van der Waals surface area contributed by atoms with Gasteiger partial charge in [0.1, 0.15) is 0 Å². The Morgan fingerprint density at radius 2 is 2.24 bits per heavy atom. The quantitative estimate of drug-likeness (QED) is 0.710. The zero-order valence-corrected chi connectivity index (χ0v) is 13.0. The topological polar surface area (TPSA) is 52.3 Å². The van der Waals surface area contributed by atoms with Gasteiger partial charge in [-0.15, -0.1) is 0 Å². The van der Waals surface area contributed by atoms with E-state index in [9.17, 15) is 13.6 Å². The lowest BCUT2D eigenvalue weighted by atomic mass is 10.2. The van der Waals surface area contributed by atoms with Gasteiger partial charge in [-0.25, -0.2) is 18.6 Å². The molecule has 0 saturated heterocycles. The summed E-state index contributed by atoms with van der Waals surface area (Å²) in [5, 5.41) is 0.252. The Labute approximate surface area is 132 Å². The van der Waals surface area contributed by atoms with Crippen LogP contribution in [0.25, 0.3) is 11.5 Å². The van der Waals surface area contributed by atoms with Gasteiger partial charge in [0.05, 0.1) is 17.2 Å². The maximum absolute atomic E-state index is 13.0. The summed E-state index contributed by atoms with van der Waals surface area (Å²) in [7, 11) is 0. The van der Waals surface area contributed by atoms with Crippen molar-refractivity contribution in [3.05, 3.63) is 39.1 Å². The van der Waals surface area contributed by atoms with Crippen LogP contribution in [0.15, 0.2) is 27.1 Å². The van der Waals surface area contributed by atoms with E-state index in [0.717, 1.165) is 0 Å². The van der Waals surface area contributed by atoms with Gasteiger partial charge in [0.25, 0.3) is 6.43 Å². The second kappa shape index (κ2) is 6.53. The fraction of sp³-hybridized carbons (Fsp3) is 0.231. The average molecular weight is 381 g/mol. The molecule has 0 atom stereocenters. The molecule has 1 aromatic carbocycles. The minimum atomic E-state index is -2.96. The van der Waals surface area contributed by atoms with E-state index in [1.54, 1.807) is 25.1 Å². The van der Waals surface area contributed by atoms with Crippen molar-refractivity contribution in [2.24, 2.45) is 0 Å². The molecular formula is C13H9BrClF2NO3. The summed E-state index contributed by atoms with van der Waals surface area (Å²) in [6, 6.07) is 4.76. The third-order valence-electron chi connectivity index (χ3n) is 2.48. The molecule has 1 aromatic heterocycles. The first-order valence-electron chi connectivity index (χ1n) is 5.85. The number of aromatic nitrogens is 1. The molecule has 2 rings (SSSR count). The first kappa shape index (κ1) is 15.9. The Balaban J connectivity index is 2.51. The zero-order chi connectivity index (χ0) is 15.6. The van der Waals surface area contributed by atoms with Gasteiger partial charge in [0, 0.05) is 4.47 Å². The summed E-state index contributed by atoms with van der Waals surface area (Å²) in [4.78, 5) is 15.3. The predicted molar refractivity (Wildman–Crippen MR) is 75.6 cm³/mol. The number of oxazole rings is 1. The Morgan fingerprint density at radius 1 is 1.52 bits per heavy atom. The van der Waals surface area contributed by atoms with Crippen molar-refractivity contribution < 1.29 is 22.7 Å². The van der Waals surface area contributed by atoms with Gasteiger partial charge in [-0.1, -0.05) is 27.5 Å². The average Bonchev–Trinajstić information content (AvgIpc) is 2.84. The number of carbonyl (C=O) groups is 1. The molecule has 8 heteroatoms. The van der Waals surface area contributed by atoms with Gasteiger partial charge in [-0.2, -0.15) is 0 Å². The minimum absolute atomic E-state index is 0.0383. The lowest BCUT2D eigenvalue weighted by molar-refractivity contribution is 0.0476. The number of ether oxygens (including phenoxy) is 1. The number of alkyl halides is 2. The van der Waals surface area contributed by atoms with Gasteiger partial charge in [-0.3, -0.25) is 0 Å². The van der Waals surface area contributed by atoms with Crippen molar-refractivity contribution in [2.45, 2.75) is 13.3 Å². The molecular weight excluding hydrogens is 372 g/mol. The van der Waals surface area contributed by atoms with Crippen molar-refractivity contribution in [2.75, 3.05) is 6.61 Å². The molecule has 112 valence electrons. The molecule has 0 spiro atoms. The third-order valence-corrected chi connectivity index (χ3v) is 3.29. The molecule has 0 aliphatic carbocycles. The fourth-order valence-corrected chi connectivity index (χ4v) is 2.36. The SMILES string of the molecule is CCOC(=O)c1oc(-c2ccc(Br)cc2Cl)nc1C(F)F. The van der Waals surface area contributed by atoms with Crippen LogP contribution in [-0.4, -0.2) is 17.6 Å². The van der Waals surface area contributed by atoms with E-state index in [1.165, 1.54) is 0 Å². The molecule has 0 radical (unpaired) electrons. The van der Waals surface area contributed by atoms with Gasteiger partial charge in [0.2, 0.25) is 11.7 Å². The number of hydrogen-bond donors (Lipinski definition) is 0. The Kier molecular flexibility index (Phi) is 4.95. The van der Waals surface area contributed by atoms with E-state index < -0.39 is 23.8 Å². The number of carbonyl (C=O) groups excluding carboxylic acids is 1. The standard InChI is InChI=1S/C13H9BrClF2NO3/c1-2-20-13(19)10-9(11(16)17)18-12(21-10)7-4-3-6(14)5-8(7)15/h3-5,11H,2H2,1H3. The van der Waals surface area contributed by atoms with Crippen LogP contribution < -0.4 is 0 Å². The molecule has 0 saturated carbocycles. The Hall–Kier alpha value is -1.47. The number of esters is 1. The molecule has 4 nitrogen and oxygen atoms in total. The maximum Gasteiger partial charge on any atom is 0.376 e. The van der Waals surface area contributed by atoms with Gasteiger partial charge < -0.3 is 9.15 Å². The summed E-state index contributed by atoms with van der Waals surface area (Å²) in [5.74, 6) is -1.76. The van der Waals surface area contributed by atoms with Crippen LogP contribution in [0.4, 0.5) is 8.78 Å². The summed E-state index contributed by atoms with van der Waals surface area (Å²) >= 11 is 9.24. The fourth-order valence-electron chi connectivity index (χ4n) is 1.60. The number of benzene rings is 1. The number of hydrogen-bond acceptors (Lipinski definition) is 4. The van der Waals surface area contributed by atoms with Crippen LogP contribution >= 0.6 is 27.5 Å². The van der Waals surface area contributed by atoms with E-state index in [0.29, 0.717) is 10.0 Å². The highest BCUT2D eigenvalue weighted by Crippen LogP contribution is 2.33. The summed E-state index contributed by atoms with van der Waals surface area (Å²) in [6.45, 7) is 1.60.